The predicted octanol–water partition coefficient (Wildman–Crippen LogP) is 2.38. The van der Waals surface area contributed by atoms with Crippen molar-refractivity contribution in [3.8, 4) is 0 Å². The maximum absolute atomic E-state index is 11.7. The number of nitrogens with zero attached hydrogens (tertiary/aromatic N) is 2. The molecule has 0 aliphatic carbocycles. The number of benzene rings is 1. The second-order valence-corrected chi connectivity index (χ2v) is 4.07. The molecule has 0 radical (unpaired) electrons. The summed E-state index contributed by atoms with van der Waals surface area (Å²) in [5, 5.41) is 13.5. The number of rotatable bonds is 2. The highest BCUT2D eigenvalue weighted by molar-refractivity contribution is 5.90. The Balaban J connectivity index is 2.19. The molecule has 5 heteroatoms. The Hall–Kier alpha value is -2.82. The lowest BCUT2D eigenvalue weighted by atomic mass is 10.2. The van der Waals surface area contributed by atoms with Crippen LogP contribution >= 0.6 is 0 Å². The van der Waals surface area contributed by atoms with Crippen LogP contribution in [0.4, 0.5) is 11.4 Å². The largest absolute Gasteiger partial charge is 0.423 e. The van der Waals surface area contributed by atoms with Gasteiger partial charge in [-0.15, -0.1) is 4.73 Å². The third kappa shape index (κ3) is 2.01. The molecule has 0 aliphatic rings. The van der Waals surface area contributed by atoms with Gasteiger partial charge in [0.25, 0.3) is 5.56 Å². The van der Waals surface area contributed by atoms with Gasteiger partial charge in [-0.2, -0.15) is 0 Å². The van der Waals surface area contributed by atoms with Crippen molar-refractivity contribution in [1.29, 1.82) is 0 Å². The van der Waals surface area contributed by atoms with Crippen molar-refractivity contribution in [2.45, 2.75) is 0 Å². The van der Waals surface area contributed by atoms with E-state index in [1.807, 2.05) is 30.3 Å². The fourth-order valence-corrected chi connectivity index (χ4v) is 1.92. The fraction of sp³-hybridized carbons (Fsp3) is 0. The number of pyridine rings is 2. The van der Waals surface area contributed by atoms with Crippen LogP contribution in [0.25, 0.3) is 11.0 Å². The molecule has 0 saturated heterocycles. The molecule has 0 atom stereocenters. The highest BCUT2D eigenvalue weighted by Crippen LogP contribution is 2.22. The van der Waals surface area contributed by atoms with Gasteiger partial charge in [-0.3, -0.25) is 4.79 Å². The number of anilines is 2. The topological polar surface area (TPSA) is 67.2 Å². The molecule has 1 aromatic carbocycles. The highest BCUT2D eigenvalue weighted by Gasteiger charge is 2.08. The number of fused-ring (bicyclic) bond motifs is 1. The Morgan fingerprint density at radius 1 is 1.11 bits per heavy atom. The predicted molar refractivity (Wildman–Crippen MR) is 72.9 cm³/mol. The first-order valence-corrected chi connectivity index (χ1v) is 5.78. The number of hydrogen-bond acceptors (Lipinski definition) is 4. The number of nitrogens with one attached hydrogen (secondary N) is 1. The molecule has 0 fully saturated rings. The monoisotopic (exact) mass is 253 g/mol. The minimum absolute atomic E-state index is 0.230. The molecule has 94 valence electrons. The molecule has 3 rings (SSSR count). The van der Waals surface area contributed by atoms with Crippen LogP contribution in [0.1, 0.15) is 0 Å². The summed E-state index contributed by atoms with van der Waals surface area (Å²) in [4.78, 5) is 15.7. The fourth-order valence-electron chi connectivity index (χ4n) is 1.92. The van der Waals surface area contributed by atoms with Gasteiger partial charge in [-0.1, -0.05) is 18.2 Å². The van der Waals surface area contributed by atoms with E-state index in [4.69, 9.17) is 0 Å². The van der Waals surface area contributed by atoms with E-state index in [2.05, 4.69) is 10.3 Å². The van der Waals surface area contributed by atoms with Gasteiger partial charge >= 0.3 is 0 Å². The van der Waals surface area contributed by atoms with Crippen LogP contribution in [0.5, 0.6) is 0 Å². The van der Waals surface area contributed by atoms with Crippen molar-refractivity contribution in [2.75, 3.05) is 5.32 Å². The molecule has 0 amide bonds. The number of para-hydroxylation sites is 1. The van der Waals surface area contributed by atoms with Crippen molar-refractivity contribution in [1.82, 2.24) is 9.71 Å². The maximum atomic E-state index is 11.7. The smallest absolute Gasteiger partial charge is 0.286 e. The van der Waals surface area contributed by atoms with Gasteiger partial charge in [0.2, 0.25) is 0 Å². The zero-order chi connectivity index (χ0) is 13.2. The molecule has 3 aromatic rings. The van der Waals surface area contributed by atoms with Crippen molar-refractivity contribution < 1.29 is 5.21 Å². The molecular weight excluding hydrogens is 242 g/mol. The van der Waals surface area contributed by atoms with Crippen LogP contribution in [0.2, 0.25) is 0 Å². The second-order valence-electron chi connectivity index (χ2n) is 4.07. The lowest BCUT2D eigenvalue weighted by Crippen LogP contribution is -2.18. The van der Waals surface area contributed by atoms with E-state index in [1.165, 1.54) is 12.3 Å². The van der Waals surface area contributed by atoms with E-state index in [0.717, 1.165) is 5.69 Å². The van der Waals surface area contributed by atoms with Gasteiger partial charge in [-0.25, -0.2) is 4.98 Å². The molecule has 0 saturated carbocycles. The van der Waals surface area contributed by atoms with E-state index in [-0.39, 0.29) is 5.65 Å². The molecule has 19 heavy (non-hydrogen) atoms. The Morgan fingerprint density at radius 3 is 2.68 bits per heavy atom. The molecule has 0 aliphatic heterocycles. The molecule has 2 aromatic heterocycles. The summed E-state index contributed by atoms with van der Waals surface area (Å²) in [5.74, 6) is 0. The SMILES string of the molecule is O=c1cc(Nc2ccccc2)c2cccnc2n1O. The van der Waals surface area contributed by atoms with Gasteiger partial charge in [0.15, 0.2) is 5.65 Å². The maximum Gasteiger partial charge on any atom is 0.286 e. The molecule has 2 heterocycles. The zero-order valence-corrected chi connectivity index (χ0v) is 9.95. The van der Waals surface area contributed by atoms with Crippen LogP contribution in [0.15, 0.2) is 59.5 Å². The summed E-state index contributed by atoms with van der Waals surface area (Å²) in [7, 11) is 0. The minimum Gasteiger partial charge on any atom is -0.423 e. The quantitative estimate of drug-likeness (QED) is 0.688. The number of hydrogen-bond donors (Lipinski definition) is 2. The van der Waals surface area contributed by atoms with Crippen LogP contribution in [0.3, 0.4) is 0 Å². The van der Waals surface area contributed by atoms with Crippen LogP contribution in [-0.4, -0.2) is 14.9 Å². The van der Waals surface area contributed by atoms with E-state index in [9.17, 15) is 10.0 Å². The van der Waals surface area contributed by atoms with Gasteiger partial charge in [0.1, 0.15) is 0 Å². The van der Waals surface area contributed by atoms with Crippen molar-refractivity contribution >= 4 is 22.4 Å². The second kappa shape index (κ2) is 4.45. The van der Waals surface area contributed by atoms with E-state index < -0.39 is 5.56 Å². The average Bonchev–Trinajstić information content (AvgIpc) is 2.46. The first-order valence-electron chi connectivity index (χ1n) is 5.78. The molecule has 5 nitrogen and oxygen atoms in total. The molecule has 2 N–H and O–H groups in total. The first kappa shape index (κ1) is 11.3. The van der Waals surface area contributed by atoms with Gasteiger partial charge in [-0.05, 0) is 24.3 Å². The Kier molecular flexibility index (Phi) is 2.64. The van der Waals surface area contributed by atoms with Gasteiger partial charge < -0.3 is 10.5 Å². The normalized spacial score (nSPS) is 10.5. The third-order valence-electron chi connectivity index (χ3n) is 2.81. The van der Waals surface area contributed by atoms with Crippen molar-refractivity contribution in [2.24, 2.45) is 0 Å². The number of aromatic nitrogens is 2. The Morgan fingerprint density at radius 2 is 1.89 bits per heavy atom. The Bertz CT molecular complexity index is 782. The first-order chi connectivity index (χ1) is 9.25. The summed E-state index contributed by atoms with van der Waals surface area (Å²) in [6.07, 6.45) is 1.53. The molecular formula is C14H11N3O2. The van der Waals surface area contributed by atoms with E-state index in [1.54, 1.807) is 12.1 Å². The van der Waals surface area contributed by atoms with Crippen LogP contribution in [-0.2, 0) is 0 Å². The Labute approximate surface area is 108 Å². The van der Waals surface area contributed by atoms with Gasteiger partial charge in [0, 0.05) is 23.3 Å². The van der Waals surface area contributed by atoms with Crippen LogP contribution < -0.4 is 10.9 Å². The average molecular weight is 253 g/mol. The van der Waals surface area contributed by atoms with Crippen LogP contribution in [0, 0.1) is 0 Å². The third-order valence-corrected chi connectivity index (χ3v) is 2.81. The molecule has 0 spiro atoms. The minimum atomic E-state index is -0.523. The summed E-state index contributed by atoms with van der Waals surface area (Å²) in [6, 6.07) is 14.4. The molecule has 0 unspecified atom stereocenters. The summed E-state index contributed by atoms with van der Waals surface area (Å²) >= 11 is 0. The summed E-state index contributed by atoms with van der Waals surface area (Å²) < 4.78 is 0.547. The van der Waals surface area contributed by atoms with Crippen molar-refractivity contribution in [3.63, 3.8) is 0 Å². The lowest BCUT2D eigenvalue weighted by Gasteiger charge is -2.10. The van der Waals surface area contributed by atoms with E-state index in [0.29, 0.717) is 15.8 Å². The van der Waals surface area contributed by atoms with E-state index >= 15 is 0 Å². The highest BCUT2D eigenvalue weighted by atomic mass is 16.5. The zero-order valence-electron chi connectivity index (χ0n) is 9.95. The summed E-state index contributed by atoms with van der Waals surface area (Å²) in [5.41, 5.74) is 1.19. The molecule has 0 bridgehead atoms. The van der Waals surface area contributed by atoms with Gasteiger partial charge in [0.05, 0.1) is 5.69 Å². The lowest BCUT2D eigenvalue weighted by molar-refractivity contribution is 0.187. The summed E-state index contributed by atoms with van der Waals surface area (Å²) in [6.45, 7) is 0. The standard InChI is InChI=1S/C14H11N3O2/c18-13-9-12(16-10-5-2-1-3-6-10)11-7-4-8-15-14(11)17(13)19/h1-9,16,19H. The van der Waals surface area contributed by atoms with Crippen molar-refractivity contribution in [3.05, 3.63) is 65.1 Å².